The molecule has 0 spiro atoms. The average molecular weight is 219 g/mol. The molecule has 0 unspecified atom stereocenters. The van der Waals surface area contributed by atoms with Gasteiger partial charge in [0.2, 0.25) is 0 Å². The average Bonchev–Trinajstić information content (AvgIpc) is 2.08. The largest absolute Gasteiger partial charge is 0.491 e. The third-order valence-electron chi connectivity index (χ3n) is 1.60. The van der Waals surface area contributed by atoms with E-state index < -0.39 is 0 Å². The maximum Gasteiger partial charge on any atom is 0.138 e. The summed E-state index contributed by atoms with van der Waals surface area (Å²) in [5, 5.41) is 1.77. The van der Waals surface area contributed by atoms with Crippen molar-refractivity contribution in [2.24, 2.45) is 5.84 Å². The first-order valence-electron chi connectivity index (χ1n) is 4.13. The van der Waals surface area contributed by atoms with Crippen molar-refractivity contribution in [2.75, 3.05) is 20.2 Å². The van der Waals surface area contributed by atoms with Gasteiger partial charge in [-0.05, 0) is 18.2 Å². The van der Waals surface area contributed by atoms with Gasteiger partial charge in [-0.25, -0.2) is 9.40 Å². The lowest BCUT2D eigenvalue weighted by molar-refractivity contribution is 0.241. The Kier molecular flexibility index (Phi) is 4.13. The van der Waals surface area contributed by atoms with Crippen LogP contribution in [0.5, 0.6) is 5.75 Å². The number of halogens is 2. The molecule has 0 amide bonds. The van der Waals surface area contributed by atoms with Gasteiger partial charge in [-0.3, -0.25) is 5.84 Å². The number of ether oxygens (including phenoxy) is 1. The fraction of sp³-hybridized carbons (Fsp3) is 0.333. The maximum atomic E-state index is 12.6. The fourth-order valence-electron chi connectivity index (χ4n) is 0.892. The predicted octanol–water partition coefficient (Wildman–Crippen LogP) is 1.66. The number of likely N-dealkylation sites (N-methyl/N-ethyl adjacent to an activating group) is 1. The summed E-state index contributed by atoms with van der Waals surface area (Å²) in [6, 6.07) is 4.00. The molecule has 0 bridgehead atoms. The van der Waals surface area contributed by atoms with Gasteiger partial charge in [-0.1, -0.05) is 11.6 Å². The number of benzene rings is 1. The highest BCUT2D eigenvalue weighted by Crippen LogP contribution is 2.24. The molecule has 1 aromatic rings. The van der Waals surface area contributed by atoms with Crippen LogP contribution in [-0.4, -0.2) is 25.2 Å². The van der Waals surface area contributed by atoms with Crippen molar-refractivity contribution in [1.82, 2.24) is 5.01 Å². The van der Waals surface area contributed by atoms with Crippen LogP contribution in [-0.2, 0) is 0 Å². The van der Waals surface area contributed by atoms with Gasteiger partial charge in [-0.2, -0.15) is 0 Å². The van der Waals surface area contributed by atoms with Gasteiger partial charge in [0, 0.05) is 13.6 Å². The van der Waals surface area contributed by atoms with Crippen molar-refractivity contribution >= 4 is 11.6 Å². The SMILES string of the molecule is CN(N)CCOc1ccc(F)cc1Cl. The topological polar surface area (TPSA) is 38.5 Å². The summed E-state index contributed by atoms with van der Waals surface area (Å²) < 4.78 is 17.9. The van der Waals surface area contributed by atoms with Gasteiger partial charge >= 0.3 is 0 Å². The molecule has 1 rings (SSSR count). The number of nitrogens with two attached hydrogens (primary N) is 1. The van der Waals surface area contributed by atoms with E-state index in [0.717, 1.165) is 0 Å². The van der Waals surface area contributed by atoms with E-state index >= 15 is 0 Å². The third kappa shape index (κ3) is 3.49. The first-order chi connectivity index (χ1) is 6.59. The van der Waals surface area contributed by atoms with Crippen LogP contribution < -0.4 is 10.6 Å². The van der Waals surface area contributed by atoms with Crippen molar-refractivity contribution in [3.05, 3.63) is 29.0 Å². The number of hydrogen-bond donors (Lipinski definition) is 1. The quantitative estimate of drug-likeness (QED) is 0.617. The Balaban J connectivity index is 2.51. The first-order valence-corrected chi connectivity index (χ1v) is 4.51. The summed E-state index contributed by atoms with van der Waals surface area (Å²) in [6.07, 6.45) is 0. The van der Waals surface area contributed by atoms with E-state index in [1.165, 1.54) is 23.2 Å². The maximum absolute atomic E-state index is 12.6. The van der Waals surface area contributed by atoms with E-state index in [2.05, 4.69) is 0 Å². The molecule has 78 valence electrons. The van der Waals surface area contributed by atoms with Gasteiger partial charge in [-0.15, -0.1) is 0 Å². The van der Waals surface area contributed by atoms with Crippen LogP contribution in [0.4, 0.5) is 4.39 Å². The Labute approximate surface area is 87.2 Å². The second-order valence-electron chi connectivity index (χ2n) is 2.90. The zero-order chi connectivity index (χ0) is 10.6. The lowest BCUT2D eigenvalue weighted by Gasteiger charge is -2.11. The van der Waals surface area contributed by atoms with Crippen LogP contribution in [0.3, 0.4) is 0 Å². The Hall–Kier alpha value is -0.840. The summed E-state index contributed by atoms with van der Waals surface area (Å²) in [6.45, 7) is 0.992. The van der Waals surface area contributed by atoms with Gasteiger partial charge in [0.15, 0.2) is 0 Å². The Bertz CT molecular complexity index is 307. The Morgan fingerprint density at radius 3 is 2.86 bits per heavy atom. The predicted molar refractivity (Wildman–Crippen MR) is 53.7 cm³/mol. The van der Waals surface area contributed by atoms with E-state index in [1.807, 2.05) is 0 Å². The number of rotatable bonds is 4. The van der Waals surface area contributed by atoms with Crippen LogP contribution >= 0.6 is 11.6 Å². The lowest BCUT2D eigenvalue weighted by atomic mass is 10.3. The lowest BCUT2D eigenvalue weighted by Crippen LogP contribution is -2.30. The molecule has 1 aromatic carbocycles. The summed E-state index contributed by atoms with van der Waals surface area (Å²) in [5.74, 6) is 5.47. The molecule has 0 heterocycles. The van der Waals surface area contributed by atoms with Crippen molar-refractivity contribution in [3.8, 4) is 5.75 Å². The first kappa shape index (κ1) is 11.2. The van der Waals surface area contributed by atoms with E-state index in [9.17, 15) is 4.39 Å². The Morgan fingerprint density at radius 1 is 1.57 bits per heavy atom. The standard InChI is InChI=1S/C9H12ClFN2O/c1-13(12)4-5-14-9-3-2-7(11)6-8(9)10/h2-3,6H,4-5,12H2,1H3. The molecule has 0 atom stereocenters. The smallest absolute Gasteiger partial charge is 0.138 e. The zero-order valence-corrected chi connectivity index (χ0v) is 8.59. The molecule has 0 saturated heterocycles. The van der Waals surface area contributed by atoms with Crippen LogP contribution in [0.25, 0.3) is 0 Å². The molecule has 0 fully saturated rings. The molecular weight excluding hydrogens is 207 g/mol. The van der Waals surface area contributed by atoms with Crippen LogP contribution in [0, 0.1) is 5.82 Å². The summed E-state index contributed by atoms with van der Waals surface area (Å²) in [5.41, 5.74) is 0. The van der Waals surface area contributed by atoms with E-state index in [4.69, 9.17) is 22.2 Å². The molecule has 0 radical (unpaired) electrons. The molecule has 2 N–H and O–H groups in total. The van der Waals surface area contributed by atoms with Gasteiger partial charge in [0.05, 0.1) is 5.02 Å². The normalized spacial score (nSPS) is 10.6. The highest BCUT2D eigenvalue weighted by Gasteiger charge is 2.02. The Morgan fingerprint density at radius 2 is 2.29 bits per heavy atom. The number of nitrogens with zero attached hydrogens (tertiary/aromatic N) is 1. The number of hydrogen-bond acceptors (Lipinski definition) is 3. The highest BCUT2D eigenvalue weighted by atomic mass is 35.5. The van der Waals surface area contributed by atoms with Crippen molar-refractivity contribution in [2.45, 2.75) is 0 Å². The molecule has 0 aliphatic carbocycles. The van der Waals surface area contributed by atoms with E-state index in [0.29, 0.717) is 18.9 Å². The molecule has 14 heavy (non-hydrogen) atoms. The molecule has 0 saturated carbocycles. The highest BCUT2D eigenvalue weighted by molar-refractivity contribution is 6.32. The van der Waals surface area contributed by atoms with E-state index in [1.54, 1.807) is 7.05 Å². The van der Waals surface area contributed by atoms with Crippen molar-refractivity contribution in [3.63, 3.8) is 0 Å². The van der Waals surface area contributed by atoms with Crippen LogP contribution in [0.2, 0.25) is 5.02 Å². The van der Waals surface area contributed by atoms with Gasteiger partial charge < -0.3 is 4.74 Å². The van der Waals surface area contributed by atoms with Crippen LogP contribution in [0.15, 0.2) is 18.2 Å². The molecular formula is C9H12ClFN2O. The minimum Gasteiger partial charge on any atom is -0.491 e. The van der Waals surface area contributed by atoms with Gasteiger partial charge in [0.25, 0.3) is 0 Å². The summed E-state index contributed by atoms with van der Waals surface area (Å²) in [7, 11) is 1.73. The van der Waals surface area contributed by atoms with Gasteiger partial charge in [0.1, 0.15) is 18.2 Å². The molecule has 3 nitrogen and oxygen atoms in total. The van der Waals surface area contributed by atoms with Crippen molar-refractivity contribution in [1.29, 1.82) is 0 Å². The summed E-state index contributed by atoms with van der Waals surface area (Å²) >= 11 is 5.73. The number of hydrazine groups is 1. The fourth-order valence-corrected chi connectivity index (χ4v) is 1.11. The molecule has 0 aliphatic heterocycles. The minimum atomic E-state index is -0.377. The van der Waals surface area contributed by atoms with E-state index in [-0.39, 0.29) is 10.8 Å². The molecule has 0 aliphatic rings. The third-order valence-corrected chi connectivity index (χ3v) is 1.89. The second-order valence-corrected chi connectivity index (χ2v) is 3.31. The van der Waals surface area contributed by atoms with Crippen LogP contribution in [0.1, 0.15) is 0 Å². The zero-order valence-electron chi connectivity index (χ0n) is 7.84. The van der Waals surface area contributed by atoms with Crippen molar-refractivity contribution < 1.29 is 9.13 Å². The monoisotopic (exact) mass is 218 g/mol. The second kappa shape index (κ2) is 5.14. The molecule has 5 heteroatoms. The minimum absolute atomic E-state index is 0.268. The summed E-state index contributed by atoms with van der Waals surface area (Å²) in [4.78, 5) is 0. The molecule has 0 aromatic heterocycles.